The molecule has 0 aliphatic carbocycles. The molecule has 2 fully saturated rings. The van der Waals surface area contributed by atoms with E-state index in [2.05, 4.69) is 29.3 Å². The number of nitrogens with zero attached hydrogens (tertiary/aromatic N) is 2. The summed E-state index contributed by atoms with van der Waals surface area (Å²) in [4.78, 5) is 15.6. The summed E-state index contributed by atoms with van der Waals surface area (Å²) in [5.41, 5.74) is 2.43. The van der Waals surface area contributed by atoms with Crippen LogP contribution in [-0.2, 0) is 14.8 Å². The molecule has 4 rings (SSSR count). The van der Waals surface area contributed by atoms with E-state index in [9.17, 15) is 13.2 Å². The van der Waals surface area contributed by atoms with Crippen LogP contribution in [0.3, 0.4) is 0 Å². The third-order valence-electron chi connectivity index (χ3n) is 6.45. The highest BCUT2D eigenvalue weighted by Gasteiger charge is 2.30. The largest absolute Gasteiger partial charge is 0.379 e. The van der Waals surface area contributed by atoms with E-state index in [1.165, 1.54) is 15.9 Å². The van der Waals surface area contributed by atoms with E-state index in [0.717, 1.165) is 25.1 Å². The van der Waals surface area contributed by atoms with E-state index >= 15 is 0 Å². The molecule has 0 aromatic heterocycles. The SMILES string of the molecule is Cc1ccc(S(=O)(=O)N2CCOCC2)cc1C(=O)NC1CCN(C(C)c2ccccc2)C1. The monoisotopic (exact) mass is 457 g/mol. The summed E-state index contributed by atoms with van der Waals surface area (Å²) in [6.07, 6.45) is 0.869. The van der Waals surface area contributed by atoms with Gasteiger partial charge in [0, 0.05) is 43.8 Å². The van der Waals surface area contributed by atoms with E-state index in [-0.39, 0.29) is 22.9 Å². The Kier molecular flexibility index (Phi) is 6.95. The fourth-order valence-corrected chi connectivity index (χ4v) is 5.84. The molecule has 7 nitrogen and oxygen atoms in total. The molecule has 32 heavy (non-hydrogen) atoms. The van der Waals surface area contributed by atoms with Crippen molar-refractivity contribution in [1.29, 1.82) is 0 Å². The van der Waals surface area contributed by atoms with Gasteiger partial charge in [-0.05, 0) is 43.5 Å². The van der Waals surface area contributed by atoms with Gasteiger partial charge in [0.25, 0.3) is 5.91 Å². The van der Waals surface area contributed by atoms with Crippen molar-refractivity contribution in [1.82, 2.24) is 14.5 Å². The molecule has 1 N–H and O–H groups in total. The number of amides is 1. The lowest BCUT2D eigenvalue weighted by Gasteiger charge is -2.26. The molecule has 2 unspecified atom stereocenters. The molecule has 0 bridgehead atoms. The summed E-state index contributed by atoms with van der Waals surface area (Å²) >= 11 is 0. The van der Waals surface area contributed by atoms with E-state index in [1.54, 1.807) is 12.1 Å². The molecule has 2 heterocycles. The van der Waals surface area contributed by atoms with Crippen molar-refractivity contribution in [2.24, 2.45) is 0 Å². The molecule has 0 radical (unpaired) electrons. The van der Waals surface area contributed by atoms with Crippen molar-refractivity contribution in [3.8, 4) is 0 Å². The van der Waals surface area contributed by atoms with Crippen LogP contribution in [0.2, 0.25) is 0 Å². The molecule has 2 aromatic rings. The van der Waals surface area contributed by atoms with Crippen molar-refractivity contribution in [2.45, 2.75) is 37.2 Å². The van der Waals surface area contributed by atoms with E-state index in [4.69, 9.17) is 4.74 Å². The number of rotatable bonds is 6. The Morgan fingerprint density at radius 1 is 1.09 bits per heavy atom. The van der Waals surface area contributed by atoms with Crippen LogP contribution >= 0.6 is 0 Å². The summed E-state index contributed by atoms with van der Waals surface area (Å²) in [5, 5.41) is 3.12. The number of carbonyl (C=O) groups excluding carboxylic acids is 1. The number of sulfonamides is 1. The Labute approximate surface area is 190 Å². The minimum Gasteiger partial charge on any atom is -0.379 e. The molecule has 0 saturated carbocycles. The van der Waals surface area contributed by atoms with Gasteiger partial charge >= 0.3 is 0 Å². The lowest BCUT2D eigenvalue weighted by molar-refractivity contribution is 0.0730. The maximum Gasteiger partial charge on any atom is 0.251 e. The predicted molar refractivity (Wildman–Crippen MR) is 123 cm³/mol. The molecule has 1 amide bonds. The van der Waals surface area contributed by atoms with Gasteiger partial charge in [-0.1, -0.05) is 36.4 Å². The van der Waals surface area contributed by atoms with Crippen LogP contribution in [-0.4, -0.2) is 69.0 Å². The fourth-order valence-electron chi connectivity index (χ4n) is 4.40. The number of morpholine rings is 1. The highest BCUT2D eigenvalue weighted by atomic mass is 32.2. The third kappa shape index (κ3) is 4.88. The number of hydrogen-bond acceptors (Lipinski definition) is 5. The normalized spacial score (nSPS) is 21.4. The fraction of sp³-hybridized carbons (Fsp3) is 0.458. The van der Waals surface area contributed by atoms with Gasteiger partial charge in [0.15, 0.2) is 0 Å². The molecule has 2 atom stereocenters. The summed E-state index contributed by atoms with van der Waals surface area (Å²) < 4.78 is 32.7. The van der Waals surface area contributed by atoms with Crippen molar-refractivity contribution < 1.29 is 17.9 Å². The maximum atomic E-state index is 13.1. The number of ether oxygens (including phenoxy) is 1. The van der Waals surface area contributed by atoms with Crippen molar-refractivity contribution >= 4 is 15.9 Å². The molecule has 2 aliphatic rings. The second-order valence-corrected chi connectivity index (χ2v) is 10.5. The first-order valence-electron chi connectivity index (χ1n) is 11.1. The Morgan fingerprint density at radius 3 is 2.53 bits per heavy atom. The third-order valence-corrected chi connectivity index (χ3v) is 8.34. The Morgan fingerprint density at radius 2 is 1.81 bits per heavy atom. The van der Waals surface area contributed by atoms with Crippen molar-refractivity contribution in [3.63, 3.8) is 0 Å². The molecule has 0 spiro atoms. The zero-order valence-corrected chi connectivity index (χ0v) is 19.5. The summed E-state index contributed by atoms with van der Waals surface area (Å²) in [7, 11) is -3.65. The van der Waals surface area contributed by atoms with Crippen LogP contribution in [0.15, 0.2) is 53.4 Å². The number of hydrogen-bond donors (Lipinski definition) is 1. The first-order valence-corrected chi connectivity index (χ1v) is 12.6. The van der Waals surface area contributed by atoms with Gasteiger partial charge in [0.2, 0.25) is 10.0 Å². The average Bonchev–Trinajstić information content (AvgIpc) is 3.28. The van der Waals surface area contributed by atoms with Crippen molar-refractivity contribution in [2.75, 3.05) is 39.4 Å². The van der Waals surface area contributed by atoms with Gasteiger partial charge in [-0.3, -0.25) is 9.69 Å². The minimum atomic E-state index is -3.65. The lowest BCUT2D eigenvalue weighted by Crippen LogP contribution is -2.41. The van der Waals surface area contributed by atoms with Crippen LogP contribution < -0.4 is 5.32 Å². The number of likely N-dealkylation sites (tertiary alicyclic amines) is 1. The number of nitrogens with one attached hydrogen (secondary N) is 1. The van der Waals surface area contributed by atoms with Gasteiger partial charge in [0.1, 0.15) is 0 Å². The molecular weight excluding hydrogens is 426 g/mol. The topological polar surface area (TPSA) is 78.9 Å². The predicted octanol–water partition coefficient (Wildman–Crippen LogP) is 2.58. The van der Waals surface area contributed by atoms with Crippen molar-refractivity contribution in [3.05, 3.63) is 65.2 Å². The lowest BCUT2D eigenvalue weighted by atomic mass is 10.1. The van der Waals surface area contributed by atoms with Crippen LogP contribution in [0.1, 0.15) is 40.9 Å². The van der Waals surface area contributed by atoms with Gasteiger partial charge in [-0.2, -0.15) is 4.31 Å². The van der Waals surface area contributed by atoms with E-state index < -0.39 is 10.0 Å². The number of aryl methyl sites for hydroxylation is 1. The zero-order valence-electron chi connectivity index (χ0n) is 18.7. The molecule has 2 aliphatic heterocycles. The van der Waals surface area contributed by atoms with Crippen LogP contribution in [0, 0.1) is 6.92 Å². The van der Waals surface area contributed by atoms with E-state index in [0.29, 0.717) is 31.9 Å². The summed E-state index contributed by atoms with van der Waals surface area (Å²) in [6.45, 7) is 7.13. The maximum absolute atomic E-state index is 13.1. The Bertz CT molecular complexity index is 1050. The Balaban J connectivity index is 1.44. The molecule has 8 heteroatoms. The number of benzene rings is 2. The quantitative estimate of drug-likeness (QED) is 0.721. The summed E-state index contributed by atoms with van der Waals surface area (Å²) in [5.74, 6) is -0.222. The second-order valence-electron chi connectivity index (χ2n) is 8.53. The summed E-state index contributed by atoms with van der Waals surface area (Å²) in [6, 6.07) is 15.5. The van der Waals surface area contributed by atoms with Crippen LogP contribution in [0.5, 0.6) is 0 Å². The van der Waals surface area contributed by atoms with Gasteiger partial charge < -0.3 is 10.1 Å². The minimum absolute atomic E-state index is 0.0348. The molecule has 2 aromatic carbocycles. The standard InChI is InChI=1S/C24H31N3O4S/c1-18-8-9-22(32(29,30)27-12-14-31-15-13-27)16-23(18)24(28)25-21-10-11-26(17-21)19(2)20-6-4-3-5-7-20/h3-9,16,19,21H,10-15,17H2,1-2H3,(H,25,28). The zero-order chi connectivity index (χ0) is 22.7. The van der Waals surface area contributed by atoms with E-state index in [1.807, 2.05) is 25.1 Å². The number of carbonyl (C=O) groups is 1. The molecule has 2 saturated heterocycles. The smallest absolute Gasteiger partial charge is 0.251 e. The van der Waals surface area contributed by atoms with Crippen LogP contribution in [0.4, 0.5) is 0 Å². The average molecular weight is 458 g/mol. The molecule has 172 valence electrons. The van der Waals surface area contributed by atoms with Gasteiger partial charge in [-0.15, -0.1) is 0 Å². The second kappa shape index (κ2) is 9.70. The first kappa shape index (κ1) is 22.9. The highest BCUT2D eigenvalue weighted by Crippen LogP contribution is 2.25. The van der Waals surface area contributed by atoms with Gasteiger partial charge in [0.05, 0.1) is 18.1 Å². The van der Waals surface area contributed by atoms with Gasteiger partial charge in [-0.25, -0.2) is 8.42 Å². The first-order chi connectivity index (χ1) is 15.4. The van der Waals surface area contributed by atoms with Crippen LogP contribution in [0.25, 0.3) is 0 Å². The molecular formula is C24H31N3O4S. The highest BCUT2D eigenvalue weighted by molar-refractivity contribution is 7.89. The Hall–Kier alpha value is -2.26.